The fourth-order valence-electron chi connectivity index (χ4n) is 2.74. The van der Waals surface area contributed by atoms with Gasteiger partial charge in [0, 0.05) is 17.2 Å². The quantitative estimate of drug-likeness (QED) is 0.810. The van der Waals surface area contributed by atoms with E-state index in [2.05, 4.69) is 55.7 Å². The summed E-state index contributed by atoms with van der Waals surface area (Å²) in [6.45, 7) is 6.98. The summed E-state index contributed by atoms with van der Waals surface area (Å²) in [5.74, 6) is 0.499. The minimum atomic E-state index is 0.0343. The number of anilines is 1. The van der Waals surface area contributed by atoms with Crippen LogP contribution in [0.5, 0.6) is 0 Å². The largest absolute Gasteiger partial charge is 0.332 e. The van der Waals surface area contributed by atoms with Gasteiger partial charge in [0.1, 0.15) is 6.04 Å². The van der Waals surface area contributed by atoms with E-state index in [0.717, 1.165) is 12.1 Å². The Morgan fingerprint density at radius 2 is 1.70 bits per heavy atom. The van der Waals surface area contributed by atoms with Crippen molar-refractivity contribution in [3.05, 3.63) is 65.7 Å². The highest BCUT2D eigenvalue weighted by Crippen LogP contribution is 2.18. The number of hydrogen-bond donors (Lipinski definition) is 2. The molecule has 0 aliphatic carbocycles. The molecule has 0 unspecified atom stereocenters. The topological polar surface area (TPSA) is 45.7 Å². The Kier molecular flexibility index (Phi) is 6.36. The Morgan fingerprint density at radius 3 is 2.26 bits per heavy atom. The van der Waals surface area contributed by atoms with Gasteiger partial charge in [0.2, 0.25) is 0 Å². The van der Waals surface area contributed by atoms with Gasteiger partial charge in [0.05, 0.1) is 0 Å². The normalized spacial score (nSPS) is 12.2. The van der Waals surface area contributed by atoms with Gasteiger partial charge in [-0.3, -0.25) is 4.79 Å². The maximum absolute atomic E-state index is 12.1. The van der Waals surface area contributed by atoms with Gasteiger partial charge in [-0.25, -0.2) is 0 Å². The minimum absolute atomic E-state index is 0.0343. The molecule has 2 rings (SSSR count). The number of nitrogens with two attached hydrogens (primary N) is 1. The van der Waals surface area contributed by atoms with Crippen LogP contribution in [0.25, 0.3) is 0 Å². The average molecular weight is 311 g/mol. The van der Waals surface area contributed by atoms with E-state index >= 15 is 0 Å². The predicted octanol–water partition coefficient (Wildman–Crippen LogP) is 3.15. The van der Waals surface area contributed by atoms with E-state index in [-0.39, 0.29) is 5.91 Å². The van der Waals surface area contributed by atoms with Crippen LogP contribution in [0.15, 0.2) is 54.6 Å². The number of carbonyl (C=O) groups is 1. The van der Waals surface area contributed by atoms with Gasteiger partial charge < -0.3 is 10.6 Å². The molecule has 0 saturated heterocycles. The Bertz CT molecular complexity index is 605. The van der Waals surface area contributed by atoms with Gasteiger partial charge in [-0.2, -0.15) is 0 Å². The molecule has 3 N–H and O–H groups in total. The SMILES string of the molecule is CCc1ccc([C@H]([NH2+]CC(=O)Nc2ccccc2)C(C)C)cc1. The molecule has 0 bridgehead atoms. The molecule has 0 fully saturated rings. The fraction of sp³-hybridized carbons (Fsp3) is 0.350. The van der Waals surface area contributed by atoms with Crippen LogP contribution < -0.4 is 10.6 Å². The fourth-order valence-corrected chi connectivity index (χ4v) is 2.74. The minimum Gasteiger partial charge on any atom is -0.332 e. The lowest BCUT2D eigenvalue weighted by Crippen LogP contribution is -2.88. The second-order valence-corrected chi connectivity index (χ2v) is 6.22. The summed E-state index contributed by atoms with van der Waals surface area (Å²) in [4.78, 5) is 12.1. The number of para-hydroxylation sites is 1. The van der Waals surface area contributed by atoms with Crippen LogP contribution in [0, 0.1) is 5.92 Å². The molecule has 0 saturated carbocycles. The number of rotatable bonds is 7. The molecule has 2 aromatic carbocycles. The van der Waals surface area contributed by atoms with Crippen molar-refractivity contribution in [3.63, 3.8) is 0 Å². The third kappa shape index (κ3) is 5.22. The van der Waals surface area contributed by atoms with E-state index in [4.69, 9.17) is 0 Å². The maximum Gasteiger partial charge on any atom is 0.279 e. The van der Waals surface area contributed by atoms with Crippen molar-refractivity contribution in [1.29, 1.82) is 0 Å². The zero-order valence-corrected chi connectivity index (χ0v) is 14.3. The van der Waals surface area contributed by atoms with E-state index in [9.17, 15) is 4.79 Å². The van der Waals surface area contributed by atoms with Crippen LogP contribution >= 0.6 is 0 Å². The Labute approximate surface area is 139 Å². The van der Waals surface area contributed by atoms with Gasteiger partial charge >= 0.3 is 0 Å². The van der Waals surface area contributed by atoms with Crippen molar-refractivity contribution in [2.45, 2.75) is 33.2 Å². The summed E-state index contributed by atoms with van der Waals surface area (Å²) < 4.78 is 0. The molecule has 3 heteroatoms. The highest BCUT2D eigenvalue weighted by atomic mass is 16.1. The molecule has 0 aliphatic heterocycles. The lowest BCUT2D eigenvalue weighted by atomic mass is 9.95. The number of amides is 1. The summed E-state index contributed by atoms with van der Waals surface area (Å²) in [5.41, 5.74) is 3.47. The molecule has 0 heterocycles. The summed E-state index contributed by atoms with van der Waals surface area (Å²) in [7, 11) is 0. The van der Waals surface area contributed by atoms with Crippen LogP contribution in [0.4, 0.5) is 5.69 Å². The summed E-state index contributed by atoms with van der Waals surface area (Å²) in [5, 5.41) is 5.06. The Hall–Kier alpha value is -2.13. The van der Waals surface area contributed by atoms with Gasteiger partial charge in [0.15, 0.2) is 6.54 Å². The molecular formula is C20H27N2O+. The first kappa shape index (κ1) is 17.2. The van der Waals surface area contributed by atoms with Gasteiger partial charge in [0.25, 0.3) is 5.91 Å². The molecule has 23 heavy (non-hydrogen) atoms. The second-order valence-electron chi connectivity index (χ2n) is 6.22. The van der Waals surface area contributed by atoms with Crippen LogP contribution in [0.1, 0.15) is 37.9 Å². The number of carbonyl (C=O) groups excluding carboxylic acids is 1. The van der Waals surface area contributed by atoms with Gasteiger partial charge in [-0.05, 0) is 24.1 Å². The standard InChI is InChI=1S/C20H26N2O/c1-4-16-10-12-17(13-11-16)20(15(2)3)21-14-19(23)22-18-8-6-5-7-9-18/h5-13,15,20-21H,4,14H2,1-3H3,(H,22,23)/p+1/t20-/m1/s1. The number of quaternary nitrogens is 1. The molecular weight excluding hydrogens is 284 g/mol. The molecule has 0 aromatic heterocycles. The monoisotopic (exact) mass is 311 g/mol. The molecule has 1 amide bonds. The van der Waals surface area contributed by atoms with Crippen molar-refractivity contribution in [2.75, 3.05) is 11.9 Å². The van der Waals surface area contributed by atoms with E-state index in [1.54, 1.807) is 0 Å². The van der Waals surface area contributed by atoms with E-state index in [1.807, 2.05) is 30.3 Å². The van der Waals surface area contributed by atoms with Crippen molar-refractivity contribution >= 4 is 11.6 Å². The van der Waals surface area contributed by atoms with Crippen LogP contribution in [0.2, 0.25) is 0 Å². The van der Waals surface area contributed by atoms with Crippen LogP contribution in [-0.2, 0) is 11.2 Å². The average Bonchev–Trinajstić information content (AvgIpc) is 2.56. The van der Waals surface area contributed by atoms with Crippen molar-refractivity contribution in [3.8, 4) is 0 Å². The van der Waals surface area contributed by atoms with Crippen LogP contribution in [-0.4, -0.2) is 12.5 Å². The number of aryl methyl sites for hydroxylation is 1. The smallest absolute Gasteiger partial charge is 0.279 e. The third-order valence-electron chi connectivity index (χ3n) is 4.11. The maximum atomic E-state index is 12.1. The summed E-state index contributed by atoms with van der Waals surface area (Å²) >= 11 is 0. The predicted molar refractivity (Wildman–Crippen MR) is 95.3 cm³/mol. The zero-order chi connectivity index (χ0) is 16.7. The van der Waals surface area contributed by atoms with Crippen LogP contribution in [0.3, 0.4) is 0 Å². The van der Waals surface area contributed by atoms with E-state index in [1.165, 1.54) is 11.1 Å². The highest BCUT2D eigenvalue weighted by molar-refractivity contribution is 5.91. The lowest BCUT2D eigenvalue weighted by molar-refractivity contribution is -0.692. The summed E-state index contributed by atoms with van der Waals surface area (Å²) in [6, 6.07) is 18.6. The molecule has 1 atom stereocenters. The van der Waals surface area contributed by atoms with Crippen molar-refractivity contribution in [1.82, 2.24) is 0 Å². The highest BCUT2D eigenvalue weighted by Gasteiger charge is 2.20. The number of benzene rings is 2. The third-order valence-corrected chi connectivity index (χ3v) is 4.11. The van der Waals surface area contributed by atoms with Crippen molar-refractivity contribution in [2.24, 2.45) is 5.92 Å². The molecule has 3 nitrogen and oxygen atoms in total. The first-order chi connectivity index (χ1) is 11.1. The van der Waals surface area contributed by atoms with Crippen molar-refractivity contribution < 1.29 is 10.1 Å². The Morgan fingerprint density at radius 1 is 1.04 bits per heavy atom. The molecule has 0 radical (unpaired) electrons. The molecule has 122 valence electrons. The van der Waals surface area contributed by atoms with Gasteiger partial charge in [-0.15, -0.1) is 0 Å². The molecule has 0 aliphatic rings. The first-order valence-electron chi connectivity index (χ1n) is 8.37. The van der Waals surface area contributed by atoms with E-state index in [0.29, 0.717) is 18.5 Å². The zero-order valence-electron chi connectivity index (χ0n) is 14.3. The first-order valence-corrected chi connectivity index (χ1v) is 8.37. The second kappa shape index (κ2) is 8.49. The molecule has 2 aromatic rings. The number of hydrogen-bond acceptors (Lipinski definition) is 1. The summed E-state index contributed by atoms with van der Waals surface area (Å²) in [6.07, 6.45) is 1.05. The Balaban J connectivity index is 1.95. The molecule has 0 spiro atoms. The van der Waals surface area contributed by atoms with E-state index < -0.39 is 0 Å². The lowest BCUT2D eigenvalue weighted by Gasteiger charge is -2.19. The number of nitrogens with one attached hydrogen (secondary N) is 1. The van der Waals surface area contributed by atoms with Gasteiger partial charge in [-0.1, -0.05) is 63.2 Å².